The van der Waals surface area contributed by atoms with Crippen molar-refractivity contribution in [3.05, 3.63) is 35.6 Å². The first-order chi connectivity index (χ1) is 6.48. The van der Waals surface area contributed by atoms with E-state index in [1.807, 2.05) is 20.8 Å². The van der Waals surface area contributed by atoms with Gasteiger partial charge >= 0.3 is 0 Å². The van der Waals surface area contributed by atoms with Gasteiger partial charge < -0.3 is 0 Å². The number of hydrogen-bond donors (Lipinski definition) is 0. The highest BCUT2D eigenvalue weighted by molar-refractivity contribution is 5.88. The maximum absolute atomic E-state index is 12.7. The van der Waals surface area contributed by atoms with E-state index in [0.29, 0.717) is 6.42 Å². The summed E-state index contributed by atoms with van der Waals surface area (Å²) >= 11 is 0. The van der Waals surface area contributed by atoms with Gasteiger partial charge in [0, 0.05) is 11.8 Å². The fourth-order valence-electron chi connectivity index (χ4n) is 1.47. The van der Waals surface area contributed by atoms with Crippen molar-refractivity contribution in [2.24, 2.45) is 0 Å². The second kappa shape index (κ2) is 3.91. The Morgan fingerprint density at radius 2 is 1.79 bits per heavy atom. The first-order valence-electron chi connectivity index (χ1n) is 4.78. The average molecular weight is 194 g/mol. The molecule has 0 aliphatic heterocycles. The maximum Gasteiger partial charge on any atom is 0.142 e. The normalized spacial score (nSPS) is 11.4. The molecule has 14 heavy (non-hydrogen) atoms. The van der Waals surface area contributed by atoms with Crippen LogP contribution in [0.15, 0.2) is 24.3 Å². The molecule has 1 nitrogen and oxygen atoms in total. The van der Waals surface area contributed by atoms with Gasteiger partial charge in [0.1, 0.15) is 11.6 Å². The van der Waals surface area contributed by atoms with Crippen molar-refractivity contribution in [1.82, 2.24) is 0 Å². The molecule has 0 radical (unpaired) electrons. The molecule has 0 heterocycles. The van der Waals surface area contributed by atoms with Gasteiger partial charge in [-0.05, 0) is 31.5 Å². The predicted molar refractivity (Wildman–Crippen MR) is 54.7 cm³/mol. The summed E-state index contributed by atoms with van der Waals surface area (Å²) in [6.45, 7) is 5.58. The number of rotatable bonds is 3. The predicted octanol–water partition coefficient (Wildman–Crippen LogP) is 3.08. The number of hydrogen-bond acceptors (Lipinski definition) is 1. The van der Waals surface area contributed by atoms with Crippen molar-refractivity contribution in [2.75, 3.05) is 0 Å². The molecule has 0 aromatic heterocycles. The zero-order valence-electron chi connectivity index (χ0n) is 8.80. The minimum absolute atomic E-state index is 0.170. The highest BCUT2D eigenvalue weighted by atomic mass is 19.1. The summed E-state index contributed by atoms with van der Waals surface area (Å²) in [5, 5.41) is 0. The topological polar surface area (TPSA) is 17.1 Å². The highest BCUT2D eigenvalue weighted by Gasteiger charge is 2.27. The summed E-state index contributed by atoms with van der Waals surface area (Å²) < 4.78 is 12.7. The van der Waals surface area contributed by atoms with Gasteiger partial charge in [-0.2, -0.15) is 0 Å². The van der Waals surface area contributed by atoms with E-state index >= 15 is 0 Å². The zero-order chi connectivity index (χ0) is 10.8. The third-order valence-corrected chi connectivity index (χ3v) is 2.58. The molecular formula is C12H15FO. The largest absolute Gasteiger partial charge is 0.299 e. The molecule has 0 spiro atoms. The van der Waals surface area contributed by atoms with Crippen molar-refractivity contribution in [1.29, 1.82) is 0 Å². The molecule has 0 saturated carbocycles. The lowest BCUT2D eigenvalue weighted by Crippen LogP contribution is -2.28. The van der Waals surface area contributed by atoms with Gasteiger partial charge in [0.15, 0.2) is 0 Å². The smallest absolute Gasteiger partial charge is 0.142 e. The fraction of sp³-hybridized carbons (Fsp3) is 0.417. The number of carbonyl (C=O) groups excluding carboxylic acids is 1. The third-order valence-electron chi connectivity index (χ3n) is 2.58. The Morgan fingerprint density at radius 3 is 2.21 bits per heavy atom. The Bertz CT molecular complexity index is 325. The molecule has 1 aromatic carbocycles. The molecule has 0 N–H and O–H groups in total. The number of halogens is 1. The van der Waals surface area contributed by atoms with E-state index in [0.717, 1.165) is 5.56 Å². The van der Waals surface area contributed by atoms with Crippen molar-refractivity contribution in [2.45, 2.75) is 32.6 Å². The Hall–Kier alpha value is -1.18. The zero-order valence-corrected chi connectivity index (χ0v) is 8.80. The first kappa shape index (κ1) is 10.9. The summed E-state index contributed by atoms with van der Waals surface area (Å²) in [4.78, 5) is 11.6. The van der Waals surface area contributed by atoms with Crippen molar-refractivity contribution in [3.8, 4) is 0 Å². The van der Waals surface area contributed by atoms with Crippen LogP contribution in [0, 0.1) is 5.82 Å². The lowest BCUT2D eigenvalue weighted by Gasteiger charge is -2.22. The Balaban J connectivity index is 3.03. The van der Waals surface area contributed by atoms with E-state index in [-0.39, 0.29) is 11.6 Å². The van der Waals surface area contributed by atoms with Crippen LogP contribution in [0.2, 0.25) is 0 Å². The Morgan fingerprint density at radius 1 is 1.29 bits per heavy atom. The average Bonchev–Trinajstić information content (AvgIpc) is 2.17. The van der Waals surface area contributed by atoms with Crippen LogP contribution in [0.25, 0.3) is 0 Å². The van der Waals surface area contributed by atoms with Gasteiger partial charge in [0.25, 0.3) is 0 Å². The first-order valence-corrected chi connectivity index (χ1v) is 4.78. The molecule has 0 atom stereocenters. The van der Waals surface area contributed by atoms with Crippen LogP contribution in [0.4, 0.5) is 4.39 Å². The lowest BCUT2D eigenvalue weighted by molar-refractivity contribution is -0.123. The van der Waals surface area contributed by atoms with Gasteiger partial charge in [-0.1, -0.05) is 19.1 Å². The van der Waals surface area contributed by atoms with Crippen LogP contribution < -0.4 is 0 Å². The molecule has 0 amide bonds. The second-order valence-corrected chi connectivity index (χ2v) is 3.91. The van der Waals surface area contributed by atoms with E-state index in [9.17, 15) is 9.18 Å². The third kappa shape index (κ3) is 2.00. The van der Waals surface area contributed by atoms with Gasteiger partial charge in [-0.15, -0.1) is 0 Å². The Labute approximate surface area is 83.9 Å². The number of ketones is 1. The van der Waals surface area contributed by atoms with Crippen LogP contribution in [0.1, 0.15) is 32.8 Å². The van der Waals surface area contributed by atoms with Crippen LogP contribution >= 0.6 is 0 Å². The van der Waals surface area contributed by atoms with Crippen LogP contribution in [0.5, 0.6) is 0 Å². The molecule has 0 saturated heterocycles. The highest BCUT2D eigenvalue weighted by Crippen LogP contribution is 2.25. The van der Waals surface area contributed by atoms with E-state index in [1.54, 1.807) is 12.1 Å². The van der Waals surface area contributed by atoms with Gasteiger partial charge in [0.05, 0.1) is 0 Å². The van der Waals surface area contributed by atoms with Gasteiger partial charge in [-0.25, -0.2) is 4.39 Å². The molecular weight excluding hydrogens is 179 g/mol. The van der Waals surface area contributed by atoms with Gasteiger partial charge in [0.2, 0.25) is 0 Å². The molecule has 1 rings (SSSR count). The summed E-state index contributed by atoms with van der Waals surface area (Å²) in [5.74, 6) is -0.0994. The molecule has 0 aliphatic carbocycles. The second-order valence-electron chi connectivity index (χ2n) is 3.91. The number of carbonyl (C=O) groups is 1. The van der Waals surface area contributed by atoms with Crippen molar-refractivity contribution >= 4 is 5.78 Å². The van der Waals surface area contributed by atoms with E-state index in [4.69, 9.17) is 0 Å². The molecule has 0 unspecified atom stereocenters. The standard InChI is InChI=1S/C12H15FO/c1-4-11(14)12(2,3)9-5-7-10(13)8-6-9/h5-8H,4H2,1-3H3. The SMILES string of the molecule is CCC(=O)C(C)(C)c1ccc(F)cc1. The number of Topliss-reactive ketones (excluding diaryl/α,β-unsaturated/α-hetero) is 1. The molecule has 76 valence electrons. The maximum atomic E-state index is 12.7. The van der Waals surface area contributed by atoms with Crippen molar-refractivity contribution in [3.63, 3.8) is 0 Å². The summed E-state index contributed by atoms with van der Waals surface area (Å²) in [6.07, 6.45) is 0.504. The summed E-state index contributed by atoms with van der Waals surface area (Å²) in [5.41, 5.74) is 0.355. The lowest BCUT2D eigenvalue weighted by atomic mass is 9.80. The van der Waals surface area contributed by atoms with E-state index in [2.05, 4.69) is 0 Å². The molecule has 1 aromatic rings. The molecule has 0 aliphatic rings. The van der Waals surface area contributed by atoms with Crippen LogP contribution in [0.3, 0.4) is 0 Å². The van der Waals surface area contributed by atoms with E-state index in [1.165, 1.54) is 12.1 Å². The van der Waals surface area contributed by atoms with Crippen molar-refractivity contribution < 1.29 is 9.18 Å². The molecule has 0 bridgehead atoms. The fourth-order valence-corrected chi connectivity index (χ4v) is 1.47. The van der Waals surface area contributed by atoms with Crippen LogP contribution in [-0.4, -0.2) is 5.78 Å². The van der Waals surface area contributed by atoms with Gasteiger partial charge in [-0.3, -0.25) is 4.79 Å². The van der Waals surface area contributed by atoms with Crippen LogP contribution in [-0.2, 0) is 10.2 Å². The molecule has 0 fully saturated rings. The molecule has 2 heteroatoms. The minimum atomic E-state index is -0.511. The quantitative estimate of drug-likeness (QED) is 0.722. The monoisotopic (exact) mass is 194 g/mol. The Kier molecular flexibility index (Phi) is 3.04. The summed E-state index contributed by atoms with van der Waals surface area (Å²) in [7, 11) is 0. The number of benzene rings is 1. The minimum Gasteiger partial charge on any atom is -0.299 e. The van der Waals surface area contributed by atoms with E-state index < -0.39 is 5.41 Å². The summed E-state index contributed by atoms with van der Waals surface area (Å²) in [6, 6.07) is 6.12.